The van der Waals surface area contributed by atoms with Crippen molar-refractivity contribution in [3.63, 3.8) is 0 Å². The molecular formula is C116H92. The molecule has 0 N–H and O–H groups in total. The fourth-order valence-electron chi connectivity index (χ4n) is 19.1. The molecule has 0 saturated carbocycles. The van der Waals surface area contributed by atoms with E-state index in [9.17, 15) is 0 Å². The van der Waals surface area contributed by atoms with Crippen molar-refractivity contribution in [3.8, 4) is 55.6 Å². The molecule has 556 valence electrons. The largest absolute Gasteiger partial charge is 0.0619 e. The van der Waals surface area contributed by atoms with Gasteiger partial charge in [0.1, 0.15) is 0 Å². The molecule has 0 aromatic heterocycles. The summed E-state index contributed by atoms with van der Waals surface area (Å²) in [5.41, 5.74) is 38.5. The van der Waals surface area contributed by atoms with Gasteiger partial charge in [-0.2, -0.15) is 0 Å². The van der Waals surface area contributed by atoms with Gasteiger partial charge in [0.15, 0.2) is 0 Å². The van der Waals surface area contributed by atoms with Crippen LogP contribution in [0.25, 0.3) is 142 Å². The molecule has 0 unspecified atom stereocenters. The molecule has 0 amide bonds. The molecule has 0 bridgehead atoms. The van der Waals surface area contributed by atoms with Crippen LogP contribution in [0.1, 0.15) is 94.6 Å². The molecule has 5 aliphatic carbocycles. The molecule has 0 heterocycles. The maximum absolute atomic E-state index is 2.36. The monoisotopic (exact) mass is 1480 g/mol. The summed E-state index contributed by atoms with van der Waals surface area (Å²) in [5.74, 6) is 0. The smallest absolute Gasteiger partial charge is 0.00131 e. The van der Waals surface area contributed by atoms with Gasteiger partial charge in [-0.15, -0.1) is 0 Å². The summed E-state index contributed by atoms with van der Waals surface area (Å²) in [6, 6.07) is 134. The molecule has 0 saturated heterocycles. The van der Waals surface area contributed by atoms with Crippen LogP contribution in [0, 0.1) is 48.5 Å². The Hall–Kier alpha value is -13.5. The van der Waals surface area contributed by atoms with Crippen molar-refractivity contribution in [2.24, 2.45) is 0 Å². The number of hydrogen-bond acceptors (Lipinski definition) is 0. The highest BCUT2D eigenvalue weighted by atomic mass is 14.3. The lowest BCUT2D eigenvalue weighted by Gasteiger charge is -2.10. The average molecular weight is 1490 g/mol. The second-order valence-corrected chi connectivity index (χ2v) is 32.5. The third-order valence-corrected chi connectivity index (χ3v) is 24.7. The minimum Gasteiger partial charge on any atom is -0.0619 e. The standard InChI is InChI=1S/C19H14.3C18H14.C15H12.2C14H12/c1-13-10-11-18-16-8-3-2-6-14(16)15-7-4-5-9-17(15)19(18)12-13;1-12-10-14-11-13-6-2-3-8-16(13)18(14)17-9-5-4-7-15(12)17;1-12-6-9-17-15(10-12)11-14-8-7-13-4-2-3-5-16(13)18(14)17;1-12-6-7-14-11-15-9-8-13-4-2-3-5-16(13)18(15)17(14)10-12;1-11-14-8-4-2-6-12(14)10-13-7-3-5-9-15(11)13;1-10-6-7-14-12(8-10)9-11-4-2-3-5-13(11)14;1-10-6-7-12-9-11-4-2-3-5-13(11)14(12)8-10/h2-12H,1H3;3*2-10H,11H2,1H3;2-10H,1H3;2*2-8H,9H2,1H3. The van der Waals surface area contributed by atoms with E-state index in [1.165, 1.54) is 236 Å². The van der Waals surface area contributed by atoms with E-state index in [0.717, 1.165) is 32.1 Å². The van der Waals surface area contributed by atoms with Crippen LogP contribution in [-0.2, 0) is 32.1 Å². The molecule has 0 nitrogen and oxygen atoms in total. The topological polar surface area (TPSA) is 0 Å². The Morgan fingerprint density at radius 1 is 0.147 bits per heavy atom. The molecule has 0 aliphatic heterocycles. The summed E-state index contributed by atoms with van der Waals surface area (Å²) in [5, 5.41) is 21.7. The van der Waals surface area contributed by atoms with Crippen LogP contribution in [0.15, 0.2) is 370 Å². The average Bonchev–Trinajstić information content (AvgIpc) is 1.28. The Balaban J connectivity index is 0.0000000906. The van der Waals surface area contributed by atoms with E-state index >= 15 is 0 Å². The van der Waals surface area contributed by atoms with Crippen LogP contribution in [0.3, 0.4) is 0 Å². The SMILES string of the molecule is Cc1c2ccccc2cc2ccccc12.Cc1cc2c(c3ccccc13)-c1ccccc1C2.Cc1ccc2c(c1)-c1c(ccc3ccccc13)C2.Cc1ccc2c(c1)-c1ccccc1C2.Cc1ccc2c(c1)Cc1ccc3ccccc3c1-2.Cc1ccc2c(c1)Cc1ccccc1-2.Cc1ccc2c3ccccc3c3ccccc3c2c1. The van der Waals surface area contributed by atoms with Gasteiger partial charge in [0, 0.05) is 0 Å². The first-order valence-electron chi connectivity index (χ1n) is 41.2. The molecule has 116 heavy (non-hydrogen) atoms. The zero-order valence-electron chi connectivity index (χ0n) is 67.3. The lowest BCUT2D eigenvalue weighted by Crippen LogP contribution is -1.86. The molecule has 5 aliphatic rings. The molecule has 0 spiro atoms. The molecule has 25 rings (SSSR count). The summed E-state index contributed by atoms with van der Waals surface area (Å²) in [7, 11) is 0. The normalized spacial score (nSPS) is 12.1. The maximum Gasteiger partial charge on any atom is -0.00131 e. The molecule has 0 heteroatoms. The molecule has 20 aromatic carbocycles. The van der Waals surface area contributed by atoms with E-state index in [1.807, 2.05) is 0 Å². The second-order valence-electron chi connectivity index (χ2n) is 32.5. The number of fused-ring (bicyclic) bond motifs is 29. The highest BCUT2D eigenvalue weighted by molar-refractivity contribution is 6.25. The minimum absolute atomic E-state index is 1.08. The second kappa shape index (κ2) is 31.1. The Labute approximate surface area is 682 Å². The van der Waals surface area contributed by atoms with Gasteiger partial charge < -0.3 is 0 Å². The Kier molecular flexibility index (Phi) is 19.5. The summed E-state index contributed by atoms with van der Waals surface area (Å²) in [6.07, 6.45) is 5.45. The van der Waals surface area contributed by atoms with E-state index in [0.29, 0.717) is 0 Å². The number of hydrogen-bond donors (Lipinski definition) is 0. The third-order valence-electron chi connectivity index (χ3n) is 24.7. The van der Waals surface area contributed by atoms with E-state index < -0.39 is 0 Å². The van der Waals surface area contributed by atoms with Gasteiger partial charge >= 0.3 is 0 Å². The van der Waals surface area contributed by atoms with E-state index in [-0.39, 0.29) is 0 Å². The summed E-state index contributed by atoms with van der Waals surface area (Å²) < 4.78 is 0. The first kappa shape index (κ1) is 72.7. The fraction of sp³-hybridized carbons (Fsp3) is 0.103. The fourth-order valence-corrected chi connectivity index (χ4v) is 19.1. The Morgan fingerprint density at radius 3 is 1.03 bits per heavy atom. The zero-order valence-corrected chi connectivity index (χ0v) is 67.3. The van der Waals surface area contributed by atoms with Crippen LogP contribution in [0.2, 0.25) is 0 Å². The van der Waals surface area contributed by atoms with Crippen LogP contribution in [0.5, 0.6) is 0 Å². The summed E-state index contributed by atoms with van der Waals surface area (Å²) in [4.78, 5) is 0. The molecular weight excluding hydrogens is 1390 g/mol. The number of aryl methyl sites for hydroxylation is 7. The van der Waals surface area contributed by atoms with Gasteiger partial charge in [-0.3, -0.25) is 0 Å². The van der Waals surface area contributed by atoms with Crippen molar-refractivity contribution in [3.05, 3.63) is 465 Å². The van der Waals surface area contributed by atoms with Crippen molar-refractivity contribution >= 4 is 86.2 Å². The highest BCUT2D eigenvalue weighted by Crippen LogP contribution is 2.46. The Morgan fingerprint density at radius 2 is 0.457 bits per heavy atom. The van der Waals surface area contributed by atoms with Crippen molar-refractivity contribution in [1.29, 1.82) is 0 Å². The predicted octanol–water partition coefficient (Wildman–Crippen LogP) is 31.0. The van der Waals surface area contributed by atoms with Crippen molar-refractivity contribution in [2.45, 2.75) is 80.6 Å². The quantitative estimate of drug-likeness (QED) is 0.105. The van der Waals surface area contributed by atoms with Crippen LogP contribution < -0.4 is 0 Å². The summed E-state index contributed by atoms with van der Waals surface area (Å²) in [6.45, 7) is 15.2. The van der Waals surface area contributed by atoms with Crippen LogP contribution in [-0.4, -0.2) is 0 Å². The van der Waals surface area contributed by atoms with Crippen molar-refractivity contribution in [1.82, 2.24) is 0 Å². The lowest BCUT2D eigenvalue weighted by atomic mass is 9.93. The maximum atomic E-state index is 2.36. The first-order chi connectivity index (χ1) is 56.9. The van der Waals surface area contributed by atoms with Gasteiger partial charge in [-0.25, -0.2) is 0 Å². The van der Waals surface area contributed by atoms with E-state index in [2.05, 4.69) is 419 Å². The van der Waals surface area contributed by atoms with Gasteiger partial charge in [0.25, 0.3) is 0 Å². The molecule has 20 aromatic rings. The summed E-state index contributed by atoms with van der Waals surface area (Å²) >= 11 is 0. The van der Waals surface area contributed by atoms with Gasteiger partial charge in [-0.05, 0) is 295 Å². The first-order valence-corrected chi connectivity index (χ1v) is 41.2. The van der Waals surface area contributed by atoms with Gasteiger partial charge in [0.2, 0.25) is 0 Å². The molecule has 0 atom stereocenters. The van der Waals surface area contributed by atoms with E-state index in [4.69, 9.17) is 0 Å². The lowest BCUT2D eigenvalue weighted by molar-refractivity contribution is 1.25. The Bertz CT molecular complexity index is 7170. The van der Waals surface area contributed by atoms with Crippen LogP contribution >= 0.6 is 0 Å². The number of benzene rings is 20. The zero-order chi connectivity index (χ0) is 78.5. The molecule has 0 fully saturated rings. The van der Waals surface area contributed by atoms with E-state index in [1.54, 1.807) is 0 Å². The van der Waals surface area contributed by atoms with Gasteiger partial charge in [-0.1, -0.05) is 392 Å². The van der Waals surface area contributed by atoms with Crippen molar-refractivity contribution < 1.29 is 0 Å². The van der Waals surface area contributed by atoms with Crippen molar-refractivity contribution in [2.75, 3.05) is 0 Å². The predicted molar refractivity (Wildman–Crippen MR) is 500 cm³/mol. The minimum atomic E-state index is 1.08. The molecule has 0 radical (unpaired) electrons. The van der Waals surface area contributed by atoms with Gasteiger partial charge in [0.05, 0.1) is 0 Å². The third kappa shape index (κ3) is 13.9. The number of rotatable bonds is 0. The highest BCUT2D eigenvalue weighted by Gasteiger charge is 2.25. The van der Waals surface area contributed by atoms with Crippen LogP contribution in [0.4, 0.5) is 0 Å².